The number of nitrogens with zero attached hydrogens (tertiary/aromatic N) is 2. The third-order valence-electron chi connectivity index (χ3n) is 3.62. The molecule has 0 aliphatic heterocycles. The van der Waals surface area contributed by atoms with E-state index in [-0.39, 0.29) is 0 Å². The summed E-state index contributed by atoms with van der Waals surface area (Å²) in [4.78, 5) is 4.56. The second-order valence-corrected chi connectivity index (χ2v) is 7.51. The second kappa shape index (κ2) is 7.73. The molecular weight excluding hydrogens is 382 g/mol. The van der Waals surface area contributed by atoms with Crippen LogP contribution in [0.4, 0.5) is 5.13 Å². The van der Waals surface area contributed by atoms with Gasteiger partial charge in [0.05, 0.1) is 11.9 Å². The van der Waals surface area contributed by atoms with E-state index in [1.807, 2.05) is 35.9 Å². The van der Waals surface area contributed by atoms with Crippen molar-refractivity contribution in [2.75, 3.05) is 5.43 Å². The van der Waals surface area contributed by atoms with Gasteiger partial charge in [0.15, 0.2) is 0 Å². The Kier molecular flexibility index (Phi) is 5.43. The number of halogens is 1. The van der Waals surface area contributed by atoms with Crippen LogP contribution in [-0.4, -0.2) is 11.2 Å². The zero-order valence-electron chi connectivity index (χ0n) is 13.5. The van der Waals surface area contributed by atoms with Crippen LogP contribution in [0.15, 0.2) is 63.5 Å². The lowest BCUT2D eigenvalue weighted by Gasteiger charge is -2.04. The maximum Gasteiger partial charge on any atom is 0.203 e. The molecule has 2 aromatic carbocycles. The molecule has 0 amide bonds. The lowest BCUT2D eigenvalue weighted by Crippen LogP contribution is -1.91. The minimum Gasteiger partial charge on any atom is -0.253 e. The third kappa shape index (κ3) is 4.30. The summed E-state index contributed by atoms with van der Waals surface area (Å²) in [6.07, 6.45) is 1.81. The van der Waals surface area contributed by atoms with E-state index in [4.69, 9.17) is 0 Å². The number of thiazole rings is 1. The van der Waals surface area contributed by atoms with Gasteiger partial charge in [0.2, 0.25) is 5.13 Å². The van der Waals surface area contributed by atoms with Gasteiger partial charge in [-0.15, -0.1) is 11.3 Å². The molecule has 0 aliphatic carbocycles. The quantitative estimate of drug-likeness (QED) is 0.413. The molecule has 0 spiro atoms. The van der Waals surface area contributed by atoms with Crippen LogP contribution in [0.25, 0.3) is 11.3 Å². The number of anilines is 1. The molecule has 1 N–H and O–H groups in total. The predicted molar refractivity (Wildman–Crippen MR) is 107 cm³/mol. The summed E-state index contributed by atoms with van der Waals surface area (Å²) in [5, 5.41) is 7.08. The molecule has 0 unspecified atom stereocenters. The Morgan fingerprint density at radius 1 is 1.08 bits per heavy atom. The Bertz CT molecular complexity index is 821. The highest BCUT2D eigenvalue weighted by Gasteiger charge is 2.03. The molecule has 0 bridgehead atoms. The summed E-state index contributed by atoms with van der Waals surface area (Å²) in [6.45, 7) is 4.38. The van der Waals surface area contributed by atoms with E-state index in [0.29, 0.717) is 5.92 Å². The SMILES string of the molecule is CC(C)c1ccc(/C=N\Nc2nc(-c3ccc(Br)cc3)cs2)cc1. The van der Waals surface area contributed by atoms with Gasteiger partial charge in [-0.3, -0.25) is 5.43 Å². The molecule has 3 aromatic rings. The van der Waals surface area contributed by atoms with E-state index in [1.54, 1.807) is 11.3 Å². The van der Waals surface area contributed by atoms with Gasteiger partial charge >= 0.3 is 0 Å². The predicted octanol–water partition coefficient (Wildman–Crippen LogP) is 6.14. The van der Waals surface area contributed by atoms with E-state index in [2.05, 4.69) is 69.6 Å². The average molecular weight is 400 g/mol. The second-order valence-electron chi connectivity index (χ2n) is 5.74. The molecule has 0 fully saturated rings. The summed E-state index contributed by atoms with van der Waals surface area (Å²) in [5.41, 5.74) is 7.44. The highest BCUT2D eigenvalue weighted by atomic mass is 79.9. The van der Waals surface area contributed by atoms with E-state index in [1.165, 1.54) is 5.56 Å². The largest absolute Gasteiger partial charge is 0.253 e. The first kappa shape index (κ1) is 16.9. The smallest absolute Gasteiger partial charge is 0.203 e. The van der Waals surface area contributed by atoms with Gasteiger partial charge in [0.1, 0.15) is 0 Å². The highest BCUT2D eigenvalue weighted by molar-refractivity contribution is 9.10. The Morgan fingerprint density at radius 2 is 1.79 bits per heavy atom. The van der Waals surface area contributed by atoms with Crippen molar-refractivity contribution in [3.05, 3.63) is 69.5 Å². The van der Waals surface area contributed by atoms with Gasteiger partial charge in [-0.05, 0) is 29.2 Å². The van der Waals surface area contributed by atoms with Crippen molar-refractivity contribution in [2.45, 2.75) is 19.8 Å². The van der Waals surface area contributed by atoms with Gasteiger partial charge in [0, 0.05) is 15.4 Å². The van der Waals surface area contributed by atoms with Crippen molar-refractivity contribution in [1.82, 2.24) is 4.98 Å². The molecule has 3 rings (SSSR count). The molecule has 24 heavy (non-hydrogen) atoms. The van der Waals surface area contributed by atoms with Crippen molar-refractivity contribution in [1.29, 1.82) is 0 Å². The summed E-state index contributed by atoms with van der Waals surface area (Å²) in [6, 6.07) is 16.6. The van der Waals surface area contributed by atoms with Crippen LogP contribution < -0.4 is 5.43 Å². The van der Waals surface area contributed by atoms with Crippen LogP contribution in [0, 0.1) is 0 Å². The minimum absolute atomic E-state index is 0.543. The number of hydrogen-bond acceptors (Lipinski definition) is 4. The first-order chi connectivity index (χ1) is 11.6. The summed E-state index contributed by atoms with van der Waals surface area (Å²) >= 11 is 4.98. The van der Waals surface area contributed by atoms with E-state index in [0.717, 1.165) is 26.4 Å². The first-order valence-corrected chi connectivity index (χ1v) is 9.39. The number of benzene rings is 2. The zero-order chi connectivity index (χ0) is 16.9. The summed E-state index contributed by atoms with van der Waals surface area (Å²) < 4.78 is 1.06. The molecule has 1 heterocycles. The minimum atomic E-state index is 0.543. The molecule has 122 valence electrons. The van der Waals surface area contributed by atoms with Crippen LogP contribution in [0.3, 0.4) is 0 Å². The van der Waals surface area contributed by atoms with Crippen LogP contribution in [-0.2, 0) is 0 Å². The Balaban J connectivity index is 1.63. The van der Waals surface area contributed by atoms with Crippen molar-refractivity contribution < 1.29 is 0 Å². The van der Waals surface area contributed by atoms with Gasteiger partial charge in [-0.1, -0.05) is 66.2 Å². The van der Waals surface area contributed by atoms with Crippen molar-refractivity contribution >= 4 is 38.6 Å². The fraction of sp³-hybridized carbons (Fsp3) is 0.158. The zero-order valence-corrected chi connectivity index (χ0v) is 15.9. The molecule has 0 saturated carbocycles. The lowest BCUT2D eigenvalue weighted by atomic mass is 10.0. The number of nitrogens with one attached hydrogen (secondary N) is 1. The molecule has 0 saturated heterocycles. The molecule has 3 nitrogen and oxygen atoms in total. The fourth-order valence-corrected chi connectivity index (χ4v) is 3.14. The molecule has 0 atom stereocenters. The lowest BCUT2D eigenvalue weighted by molar-refractivity contribution is 0.866. The van der Waals surface area contributed by atoms with Gasteiger partial charge in [0.25, 0.3) is 0 Å². The number of hydrazone groups is 1. The Labute approximate surface area is 154 Å². The summed E-state index contributed by atoms with van der Waals surface area (Å²) in [7, 11) is 0. The van der Waals surface area contributed by atoms with E-state index < -0.39 is 0 Å². The first-order valence-electron chi connectivity index (χ1n) is 7.72. The number of aromatic nitrogens is 1. The van der Waals surface area contributed by atoms with Crippen molar-refractivity contribution in [3.8, 4) is 11.3 Å². The molecule has 0 radical (unpaired) electrons. The van der Waals surface area contributed by atoms with Gasteiger partial charge in [-0.2, -0.15) is 5.10 Å². The van der Waals surface area contributed by atoms with Gasteiger partial charge in [-0.25, -0.2) is 4.98 Å². The van der Waals surface area contributed by atoms with Crippen LogP contribution in [0.2, 0.25) is 0 Å². The topological polar surface area (TPSA) is 37.3 Å². The van der Waals surface area contributed by atoms with E-state index >= 15 is 0 Å². The molecule has 0 aliphatic rings. The van der Waals surface area contributed by atoms with Crippen molar-refractivity contribution in [2.24, 2.45) is 5.10 Å². The van der Waals surface area contributed by atoms with Crippen LogP contribution in [0.5, 0.6) is 0 Å². The Morgan fingerprint density at radius 3 is 2.46 bits per heavy atom. The average Bonchev–Trinajstić information content (AvgIpc) is 3.05. The third-order valence-corrected chi connectivity index (χ3v) is 4.90. The number of rotatable bonds is 5. The monoisotopic (exact) mass is 399 g/mol. The molecule has 5 heteroatoms. The maximum atomic E-state index is 4.56. The standard InChI is InChI=1S/C19H18BrN3S/c1-13(2)15-5-3-14(4-6-15)11-21-23-19-22-18(12-24-19)16-7-9-17(20)10-8-16/h3-13H,1-2H3,(H,22,23)/b21-11-. The maximum absolute atomic E-state index is 4.56. The van der Waals surface area contributed by atoms with Crippen molar-refractivity contribution in [3.63, 3.8) is 0 Å². The Hall–Kier alpha value is -1.98. The fourth-order valence-electron chi connectivity index (χ4n) is 2.21. The number of hydrogen-bond donors (Lipinski definition) is 1. The molecule has 1 aromatic heterocycles. The van der Waals surface area contributed by atoms with E-state index in [9.17, 15) is 0 Å². The van der Waals surface area contributed by atoms with Gasteiger partial charge < -0.3 is 0 Å². The normalized spacial score (nSPS) is 11.3. The molecular formula is C19H18BrN3S. The van der Waals surface area contributed by atoms with Crippen LogP contribution in [0.1, 0.15) is 30.9 Å². The highest BCUT2D eigenvalue weighted by Crippen LogP contribution is 2.26. The van der Waals surface area contributed by atoms with Crippen LogP contribution >= 0.6 is 27.3 Å². The summed E-state index contributed by atoms with van der Waals surface area (Å²) in [5.74, 6) is 0.543.